The topological polar surface area (TPSA) is 29.1 Å². The highest BCUT2D eigenvalue weighted by Crippen LogP contribution is 2.21. The Bertz CT molecular complexity index is 388. The number of benzene rings is 1. The number of rotatable bonds is 8. The summed E-state index contributed by atoms with van der Waals surface area (Å²) in [6.45, 7) is 6.35. The summed E-state index contributed by atoms with van der Waals surface area (Å²) in [4.78, 5) is 0. The second-order valence-electron chi connectivity index (χ2n) is 5.17. The van der Waals surface area contributed by atoms with Crippen molar-refractivity contribution in [2.75, 3.05) is 12.8 Å². The first-order valence-electron chi connectivity index (χ1n) is 7.21. The van der Waals surface area contributed by atoms with Crippen molar-refractivity contribution in [3.05, 3.63) is 35.4 Å². The molecule has 3 unspecified atom stereocenters. The predicted molar refractivity (Wildman–Crippen MR) is 85.0 cm³/mol. The maximum Gasteiger partial charge on any atom is 0.0514 e. The lowest BCUT2D eigenvalue weighted by Gasteiger charge is -2.23. The van der Waals surface area contributed by atoms with Crippen LogP contribution < -0.4 is 5.32 Å². The summed E-state index contributed by atoms with van der Waals surface area (Å²) in [5.74, 6) is 0.819. The van der Waals surface area contributed by atoms with Crippen LogP contribution in [-0.2, 0) is 10.8 Å². The van der Waals surface area contributed by atoms with E-state index in [0.29, 0.717) is 0 Å². The van der Waals surface area contributed by atoms with Crippen molar-refractivity contribution in [3.63, 3.8) is 0 Å². The van der Waals surface area contributed by atoms with Gasteiger partial charge in [-0.1, -0.05) is 49.6 Å². The second-order valence-corrected chi connectivity index (χ2v) is 7.09. The van der Waals surface area contributed by atoms with Gasteiger partial charge in [0.1, 0.15) is 0 Å². The molecule has 0 aromatic heterocycles. The van der Waals surface area contributed by atoms with E-state index in [0.717, 1.165) is 12.2 Å². The van der Waals surface area contributed by atoms with Gasteiger partial charge in [0, 0.05) is 22.6 Å². The van der Waals surface area contributed by atoms with Crippen LogP contribution in [0.1, 0.15) is 50.3 Å². The van der Waals surface area contributed by atoms with Crippen LogP contribution in [0.5, 0.6) is 0 Å². The zero-order chi connectivity index (χ0) is 14.3. The minimum Gasteiger partial charge on any atom is -0.312 e. The summed E-state index contributed by atoms with van der Waals surface area (Å²) in [6.07, 6.45) is 3.42. The molecule has 0 radical (unpaired) electrons. The molecule has 0 aliphatic heterocycles. The molecule has 1 rings (SSSR count). The normalized spacial score (nSPS) is 16.0. The molecule has 0 aliphatic rings. The Hall–Kier alpha value is -0.670. The number of nitrogens with one attached hydrogen (secondary N) is 1. The second kappa shape index (κ2) is 8.49. The fourth-order valence-electron chi connectivity index (χ4n) is 2.28. The maximum absolute atomic E-state index is 12.3. The van der Waals surface area contributed by atoms with Crippen LogP contribution in [0.25, 0.3) is 0 Å². The minimum absolute atomic E-state index is 0.143. The standard InChI is InChI=1S/C16H27NOS/c1-5-6-7-12-19(18)14(3)16(17-4)15-10-8-13(2)9-11-15/h8-11,14,16-17H,5-7,12H2,1-4H3. The van der Waals surface area contributed by atoms with Gasteiger partial charge in [-0.3, -0.25) is 4.21 Å². The lowest BCUT2D eigenvalue weighted by atomic mass is 10.0. The van der Waals surface area contributed by atoms with Crippen molar-refractivity contribution in [1.29, 1.82) is 0 Å². The first kappa shape index (κ1) is 16.4. The zero-order valence-corrected chi connectivity index (χ0v) is 13.4. The number of hydrogen-bond acceptors (Lipinski definition) is 2. The molecule has 0 aliphatic carbocycles. The Morgan fingerprint density at radius 2 is 1.84 bits per heavy atom. The largest absolute Gasteiger partial charge is 0.312 e. The number of hydrogen-bond donors (Lipinski definition) is 1. The van der Waals surface area contributed by atoms with Crippen molar-refractivity contribution in [2.24, 2.45) is 0 Å². The maximum atomic E-state index is 12.3. The van der Waals surface area contributed by atoms with Gasteiger partial charge >= 0.3 is 0 Å². The average molecular weight is 281 g/mol. The van der Waals surface area contributed by atoms with Crippen molar-refractivity contribution in [3.8, 4) is 0 Å². The van der Waals surface area contributed by atoms with E-state index >= 15 is 0 Å². The Morgan fingerprint density at radius 1 is 1.21 bits per heavy atom. The summed E-state index contributed by atoms with van der Waals surface area (Å²) < 4.78 is 12.3. The van der Waals surface area contributed by atoms with Gasteiger partial charge in [0.05, 0.1) is 5.25 Å². The van der Waals surface area contributed by atoms with Crippen molar-refractivity contribution in [2.45, 2.75) is 51.3 Å². The quantitative estimate of drug-likeness (QED) is 0.738. The SMILES string of the molecule is CCCCCS(=O)C(C)C(NC)c1ccc(C)cc1. The molecule has 1 aromatic carbocycles. The molecule has 0 saturated heterocycles. The van der Waals surface area contributed by atoms with Crippen molar-refractivity contribution >= 4 is 10.8 Å². The molecule has 0 fully saturated rings. The molecule has 3 heteroatoms. The van der Waals surface area contributed by atoms with Crippen LogP contribution in [0.4, 0.5) is 0 Å². The van der Waals surface area contributed by atoms with Gasteiger partial charge in [0.25, 0.3) is 0 Å². The predicted octanol–water partition coefficient (Wildman–Crippen LogP) is 3.58. The Morgan fingerprint density at radius 3 is 2.37 bits per heavy atom. The van der Waals surface area contributed by atoms with E-state index in [1.807, 2.05) is 7.05 Å². The van der Waals surface area contributed by atoms with Gasteiger partial charge in [-0.25, -0.2) is 0 Å². The highest BCUT2D eigenvalue weighted by molar-refractivity contribution is 7.85. The molecule has 2 nitrogen and oxygen atoms in total. The molecular weight excluding hydrogens is 254 g/mol. The van der Waals surface area contributed by atoms with Gasteiger partial charge in [0.15, 0.2) is 0 Å². The van der Waals surface area contributed by atoms with E-state index in [4.69, 9.17) is 0 Å². The van der Waals surface area contributed by atoms with Crippen LogP contribution in [0.2, 0.25) is 0 Å². The zero-order valence-electron chi connectivity index (χ0n) is 12.6. The van der Waals surface area contributed by atoms with E-state index in [2.05, 4.69) is 50.4 Å². The lowest BCUT2D eigenvalue weighted by molar-refractivity contribution is 0.568. The molecule has 1 aromatic rings. The molecule has 0 spiro atoms. The third kappa shape index (κ3) is 5.07. The minimum atomic E-state index is -0.765. The summed E-state index contributed by atoms with van der Waals surface area (Å²) in [7, 11) is 1.18. The number of aryl methyl sites for hydroxylation is 1. The fourth-order valence-corrected chi connectivity index (χ4v) is 3.74. The van der Waals surface area contributed by atoms with E-state index in [1.165, 1.54) is 24.0 Å². The Balaban J connectivity index is 2.68. The average Bonchev–Trinajstić information content (AvgIpc) is 2.41. The highest BCUT2D eigenvalue weighted by Gasteiger charge is 2.22. The van der Waals surface area contributed by atoms with E-state index in [-0.39, 0.29) is 11.3 Å². The van der Waals surface area contributed by atoms with Gasteiger partial charge in [0.2, 0.25) is 0 Å². The monoisotopic (exact) mass is 281 g/mol. The molecule has 0 amide bonds. The van der Waals surface area contributed by atoms with Crippen molar-refractivity contribution < 1.29 is 4.21 Å². The summed E-state index contributed by atoms with van der Waals surface area (Å²) in [5.41, 5.74) is 2.49. The molecule has 108 valence electrons. The molecule has 0 heterocycles. The molecule has 0 bridgehead atoms. The van der Waals surface area contributed by atoms with E-state index in [9.17, 15) is 4.21 Å². The van der Waals surface area contributed by atoms with E-state index < -0.39 is 10.8 Å². The Kier molecular flexibility index (Phi) is 7.32. The van der Waals surface area contributed by atoms with Crippen LogP contribution in [0.15, 0.2) is 24.3 Å². The third-order valence-electron chi connectivity index (χ3n) is 3.58. The van der Waals surface area contributed by atoms with Crippen molar-refractivity contribution in [1.82, 2.24) is 5.32 Å². The lowest BCUT2D eigenvalue weighted by Crippen LogP contribution is -2.31. The van der Waals surface area contributed by atoms with Crippen LogP contribution >= 0.6 is 0 Å². The van der Waals surface area contributed by atoms with Gasteiger partial charge in [-0.2, -0.15) is 0 Å². The molecular formula is C16H27NOS. The number of unbranched alkanes of at least 4 members (excludes halogenated alkanes) is 2. The van der Waals surface area contributed by atoms with Crippen LogP contribution in [0.3, 0.4) is 0 Å². The summed E-state index contributed by atoms with van der Waals surface area (Å²) in [5, 5.41) is 3.46. The fraction of sp³-hybridized carbons (Fsp3) is 0.625. The summed E-state index contributed by atoms with van der Waals surface area (Å²) >= 11 is 0. The first-order valence-corrected chi connectivity index (χ1v) is 8.59. The highest BCUT2D eigenvalue weighted by atomic mass is 32.2. The summed E-state index contributed by atoms with van der Waals surface area (Å²) in [6, 6.07) is 8.67. The molecule has 0 saturated carbocycles. The molecule has 19 heavy (non-hydrogen) atoms. The van der Waals surface area contributed by atoms with E-state index in [1.54, 1.807) is 0 Å². The van der Waals surface area contributed by atoms with Gasteiger partial charge in [-0.15, -0.1) is 0 Å². The first-order chi connectivity index (χ1) is 9.10. The Labute approximate surface area is 120 Å². The third-order valence-corrected chi connectivity index (χ3v) is 5.37. The van der Waals surface area contributed by atoms with Gasteiger partial charge < -0.3 is 5.32 Å². The smallest absolute Gasteiger partial charge is 0.0514 e. The molecule has 3 atom stereocenters. The van der Waals surface area contributed by atoms with Crippen LogP contribution in [0, 0.1) is 6.92 Å². The molecule has 1 N–H and O–H groups in total. The van der Waals surface area contributed by atoms with Crippen LogP contribution in [-0.4, -0.2) is 22.3 Å². The van der Waals surface area contributed by atoms with Gasteiger partial charge in [-0.05, 0) is 32.9 Å².